The highest BCUT2D eigenvalue weighted by Crippen LogP contribution is 2.48. The summed E-state index contributed by atoms with van der Waals surface area (Å²) in [5.41, 5.74) is 1.43. The molecule has 0 amide bonds. The van der Waals surface area contributed by atoms with Gasteiger partial charge in [0, 0.05) is 25.3 Å². The fourth-order valence-corrected chi connectivity index (χ4v) is 2.48. The van der Waals surface area contributed by atoms with Crippen LogP contribution in [0.4, 0.5) is 0 Å². The van der Waals surface area contributed by atoms with Crippen LogP contribution in [0.2, 0.25) is 0 Å². The molecule has 4 nitrogen and oxygen atoms in total. The second kappa shape index (κ2) is 6.26. The average molecular weight is 265 g/mol. The van der Waals surface area contributed by atoms with Crippen LogP contribution in [-0.4, -0.2) is 32.5 Å². The summed E-state index contributed by atoms with van der Waals surface area (Å²) in [5.74, 6) is 1.56. The number of para-hydroxylation sites is 1. The monoisotopic (exact) mass is 265 g/mol. The van der Waals surface area contributed by atoms with Crippen molar-refractivity contribution in [2.24, 2.45) is 5.41 Å². The summed E-state index contributed by atoms with van der Waals surface area (Å²) in [6, 6.07) is 5.91. The molecule has 0 bridgehead atoms. The van der Waals surface area contributed by atoms with Gasteiger partial charge in [-0.3, -0.25) is 0 Å². The number of methoxy groups -OCH3 is 2. The van der Waals surface area contributed by atoms with E-state index >= 15 is 0 Å². The molecule has 1 fully saturated rings. The Balaban J connectivity index is 1.92. The minimum atomic E-state index is 0.282. The Bertz CT molecular complexity index is 416. The first-order valence-electron chi connectivity index (χ1n) is 6.76. The fourth-order valence-electron chi connectivity index (χ4n) is 2.48. The van der Waals surface area contributed by atoms with Crippen LogP contribution in [0, 0.1) is 5.41 Å². The normalized spacial score (nSPS) is 16.2. The number of rotatable bonds is 8. The van der Waals surface area contributed by atoms with Gasteiger partial charge in [0.15, 0.2) is 11.5 Å². The Morgan fingerprint density at radius 3 is 2.63 bits per heavy atom. The van der Waals surface area contributed by atoms with Gasteiger partial charge in [-0.15, -0.1) is 0 Å². The Kier molecular flexibility index (Phi) is 4.66. The van der Waals surface area contributed by atoms with Crippen LogP contribution < -0.4 is 14.8 Å². The van der Waals surface area contributed by atoms with Crippen LogP contribution in [0.25, 0.3) is 0 Å². The van der Waals surface area contributed by atoms with E-state index < -0.39 is 0 Å². The van der Waals surface area contributed by atoms with Crippen molar-refractivity contribution in [3.8, 4) is 11.5 Å². The highest BCUT2D eigenvalue weighted by molar-refractivity contribution is 5.46. The van der Waals surface area contributed by atoms with Crippen molar-refractivity contribution in [2.75, 3.05) is 27.4 Å². The van der Waals surface area contributed by atoms with Gasteiger partial charge in [-0.1, -0.05) is 12.1 Å². The van der Waals surface area contributed by atoms with Crippen LogP contribution in [0.15, 0.2) is 18.2 Å². The second-order valence-electron chi connectivity index (χ2n) is 5.23. The lowest BCUT2D eigenvalue weighted by atomic mass is 10.0. The molecule has 2 N–H and O–H groups in total. The van der Waals surface area contributed by atoms with E-state index in [1.54, 1.807) is 14.2 Å². The zero-order valence-corrected chi connectivity index (χ0v) is 11.7. The molecular formula is C15H23NO3. The average Bonchev–Trinajstić information content (AvgIpc) is 3.18. The molecule has 0 aliphatic heterocycles. The predicted molar refractivity (Wildman–Crippen MR) is 74.6 cm³/mol. The van der Waals surface area contributed by atoms with E-state index in [-0.39, 0.29) is 6.61 Å². The van der Waals surface area contributed by atoms with E-state index in [0.717, 1.165) is 36.6 Å². The quantitative estimate of drug-likeness (QED) is 0.754. The topological polar surface area (TPSA) is 50.7 Å². The maximum Gasteiger partial charge on any atom is 0.165 e. The molecule has 0 heterocycles. The third-order valence-corrected chi connectivity index (χ3v) is 3.90. The lowest BCUT2D eigenvalue weighted by Gasteiger charge is -2.16. The molecule has 0 unspecified atom stereocenters. The van der Waals surface area contributed by atoms with Crippen molar-refractivity contribution in [3.63, 3.8) is 0 Å². The zero-order valence-electron chi connectivity index (χ0n) is 11.7. The first-order valence-corrected chi connectivity index (χ1v) is 6.76. The van der Waals surface area contributed by atoms with Crippen molar-refractivity contribution in [2.45, 2.75) is 25.8 Å². The summed E-state index contributed by atoms with van der Waals surface area (Å²) in [5, 5.41) is 12.5. The lowest BCUT2D eigenvalue weighted by Crippen LogP contribution is -2.24. The number of aliphatic hydroxyl groups is 1. The number of aliphatic hydroxyl groups excluding tert-OH is 1. The maximum atomic E-state index is 9.04. The largest absolute Gasteiger partial charge is 0.493 e. The minimum absolute atomic E-state index is 0.282. The summed E-state index contributed by atoms with van der Waals surface area (Å²) in [6.45, 7) is 1.99. The SMILES string of the molecule is COc1cccc(CNCC2(CCO)CC2)c1OC. The van der Waals surface area contributed by atoms with E-state index in [1.165, 1.54) is 12.8 Å². The zero-order chi connectivity index (χ0) is 13.7. The summed E-state index contributed by atoms with van der Waals surface area (Å²) < 4.78 is 10.7. The molecule has 1 aliphatic carbocycles. The Labute approximate surface area is 114 Å². The molecule has 4 heteroatoms. The molecule has 1 aliphatic rings. The van der Waals surface area contributed by atoms with Gasteiger partial charge in [-0.25, -0.2) is 0 Å². The van der Waals surface area contributed by atoms with Gasteiger partial charge >= 0.3 is 0 Å². The van der Waals surface area contributed by atoms with Crippen molar-refractivity contribution >= 4 is 0 Å². The maximum absolute atomic E-state index is 9.04. The summed E-state index contributed by atoms with van der Waals surface area (Å²) >= 11 is 0. The Morgan fingerprint density at radius 2 is 2.05 bits per heavy atom. The van der Waals surface area contributed by atoms with Gasteiger partial charge in [0.25, 0.3) is 0 Å². The molecular weight excluding hydrogens is 242 g/mol. The van der Waals surface area contributed by atoms with E-state index in [4.69, 9.17) is 14.6 Å². The first kappa shape index (κ1) is 14.2. The summed E-state index contributed by atoms with van der Waals surface area (Å²) in [4.78, 5) is 0. The molecule has 1 aromatic carbocycles. The number of benzene rings is 1. The molecule has 0 spiro atoms. The molecule has 0 atom stereocenters. The second-order valence-corrected chi connectivity index (χ2v) is 5.23. The van der Waals surface area contributed by atoms with E-state index in [0.29, 0.717) is 5.41 Å². The minimum Gasteiger partial charge on any atom is -0.493 e. The summed E-state index contributed by atoms with van der Waals surface area (Å²) in [7, 11) is 3.31. The van der Waals surface area contributed by atoms with Gasteiger partial charge in [0.2, 0.25) is 0 Å². The predicted octanol–water partition coefficient (Wildman–Crippen LogP) is 1.96. The molecule has 0 radical (unpaired) electrons. The highest BCUT2D eigenvalue weighted by atomic mass is 16.5. The van der Waals surface area contributed by atoms with Crippen molar-refractivity contribution in [3.05, 3.63) is 23.8 Å². The van der Waals surface area contributed by atoms with Gasteiger partial charge < -0.3 is 19.9 Å². The molecule has 0 saturated heterocycles. The molecule has 106 valence electrons. The number of hydrogen-bond acceptors (Lipinski definition) is 4. The molecule has 2 rings (SSSR count). The molecule has 0 aromatic heterocycles. The van der Waals surface area contributed by atoms with Gasteiger partial charge in [0.05, 0.1) is 14.2 Å². The number of hydrogen-bond donors (Lipinski definition) is 2. The summed E-state index contributed by atoms with van der Waals surface area (Å²) in [6.07, 6.45) is 3.33. The van der Waals surface area contributed by atoms with E-state index in [1.807, 2.05) is 18.2 Å². The van der Waals surface area contributed by atoms with Crippen LogP contribution in [0.1, 0.15) is 24.8 Å². The smallest absolute Gasteiger partial charge is 0.165 e. The fraction of sp³-hybridized carbons (Fsp3) is 0.600. The third kappa shape index (κ3) is 3.39. The number of ether oxygens (including phenoxy) is 2. The first-order chi connectivity index (χ1) is 9.24. The van der Waals surface area contributed by atoms with Gasteiger partial charge in [-0.05, 0) is 30.7 Å². The van der Waals surface area contributed by atoms with Crippen molar-refractivity contribution in [1.29, 1.82) is 0 Å². The highest BCUT2D eigenvalue weighted by Gasteiger charge is 2.41. The van der Waals surface area contributed by atoms with Gasteiger partial charge in [-0.2, -0.15) is 0 Å². The Morgan fingerprint density at radius 1 is 1.26 bits per heavy atom. The number of nitrogens with one attached hydrogen (secondary N) is 1. The standard InChI is InChI=1S/C15H23NO3/c1-18-13-5-3-4-12(14(13)19-2)10-16-11-15(6-7-15)8-9-17/h3-5,16-17H,6-11H2,1-2H3. The van der Waals surface area contributed by atoms with Crippen LogP contribution in [-0.2, 0) is 6.54 Å². The lowest BCUT2D eigenvalue weighted by molar-refractivity contribution is 0.245. The molecule has 1 saturated carbocycles. The van der Waals surface area contributed by atoms with Crippen LogP contribution in [0.5, 0.6) is 11.5 Å². The van der Waals surface area contributed by atoms with Crippen molar-refractivity contribution in [1.82, 2.24) is 5.32 Å². The van der Waals surface area contributed by atoms with Gasteiger partial charge in [0.1, 0.15) is 0 Å². The van der Waals surface area contributed by atoms with E-state index in [2.05, 4.69) is 5.32 Å². The third-order valence-electron chi connectivity index (χ3n) is 3.90. The molecule has 1 aromatic rings. The Hall–Kier alpha value is -1.26. The van der Waals surface area contributed by atoms with Crippen molar-refractivity contribution < 1.29 is 14.6 Å². The van der Waals surface area contributed by atoms with Crippen LogP contribution in [0.3, 0.4) is 0 Å². The molecule has 19 heavy (non-hydrogen) atoms. The van der Waals surface area contributed by atoms with Crippen LogP contribution >= 0.6 is 0 Å². The van der Waals surface area contributed by atoms with E-state index in [9.17, 15) is 0 Å².